The summed E-state index contributed by atoms with van der Waals surface area (Å²) in [6, 6.07) is 0. The van der Waals surface area contributed by atoms with Gasteiger partial charge in [-0.05, 0) is 0 Å². The number of esters is 1. The Bertz CT molecular complexity index is 269. The lowest BCUT2D eigenvalue weighted by Gasteiger charge is -2.03. The second-order valence-electron chi connectivity index (χ2n) is 2.13. The van der Waals surface area contributed by atoms with Gasteiger partial charge in [0.05, 0.1) is 7.11 Å². The average molecular weight is 170 g/mol. The smallest absolute Gasteiger partial charge is 0.374 e. The largest absolute Gasteiger partial charge is 0.463 e. The van der Waals surface area contributed by atoms with Crippen molar-refractivity contribution in [1.82, 2.24) is 9.55 Å². The molecule has 0 amide bonds. The molecule has 0 N–H and O–H groups in total. The van der Waals surface area contributed by atoms with Crippen LogP contribution in [0.25, 0.3) is 0 Å². The predicted octanol–water partition coefficient (Wildman–Crippen LogP) is 0.274. The van der Waals surface area contributed by atoms with E-state index in [0.717, 1.165) is 0 Å². The van der Waals surface area contributed by atoms with Gasteiger partial charge in [0, 0.05) is 19.5 Å². The fraction of sp³-hybridized carbons (Fsp3) is 0.429. The summed E-state index contributed by atoms with van der Waals surface area (Å²) in [5.74, 6) is -0.212. The SMILES string of the molecule is COCn1ccnc1C(=O)OC. The molecule has 0 saturated carbocycles. The molecule has 0 unspecified atom stereocenters. The monoisotopic (exact) mass is 170 g/mol. The summed E-state index contributed by atoms with van der Waals surface area (Å²) in [6.45, 7) is 0.296. The molecule has 0 bridgehead atoms. The van der Waals surface area contributed by atoms with Crippen LogP contribution in [-0.4, -0.2) is 29.7 Å². The molecule has 5 nitrogen and oxygen atoms in total. The van der Waals surface area contributed by atoms with E-state index in [0.29, 0.717) is 6.73 Å². The van der Waals surface area contributed by atoms with Crippen LogP contribution in [0, 0.1) is 0 Å². The van der Waals surface area contributed by atoms with Crippen LogP contribution >= 0.6 is 0 Å². The van der Waals surface area contributed by atoms with Gasteiger partial charge in [-0.1, -0.05) is 0 Å². The van der Waals surface area contributed by atoms with Crippen molar-refractivity contribution < 1.29 is 14.3 Å². The third kappa shape index (κ3) is 1.62. The lowest BCUT2D eigenvalue weighted by Crippen LogP contribution is -2.12. The second kappa shape index (κ2) is 3.87. The molecule has 0 atom stereocenters. The molecular formula is C7H10N2O3. The Kier molecular flexibility index (Phi) is 2.82. The maximum atomic E-state index is 11.0. The first-order valence-corrected chi connectivity index (χ1v) is 3.38. The summed E-state index contributed by atoms with van der Waals surface area (Å²) in [5.41, 5.74) is 0. The Hall–Kier alpha value is -1.36. The summed E-state index contributed by atoms with van der Waals surface area (Å²) < 4.78 is 10.9. The Morgan fingerprint density at radius 2 is 2.42 bits per heavy atom. The van der Waals surface area contributed by atoms with E-state index in [9.17, 15) is 4.79 Å². The number of imidazole rings is 1. The molecule has 0 saturated heterocycles. The lowest BCUT2D eigenvalue weighted by molar-refractivity contribution is 0.0558. The Balaban J connectivity index is 2.83. The number of ether oxygens (including phenoxy) is 2. The summed E-state index contributed by atoms with van der Waals surface area (Å²) in [7, 11) is 2.86. The number of carbonyl (C=O) groups excluding carboxylic acids is 1. The van der Waals surface area contributed by atoms with E-state index < -0.39 is 5.97 Å². The van der Waals surface area contributed by atoms with Crippen molar-refractivity contribution in [2.75, 3.05) is 14.2 Å². The Morgan fingerprint density at radius 3 is 3.00 bits per heavy atom. The fourth-order valence-corrected chi connectivity index (χ4v) is 0.834. The van der Waals surface area contributed by atoms with Gasteiger partial charge >= 0.3 is 5.97 Å². The summed E-state index contributed by atoms with van der Waals surface area (Å²) >= 11 is 0. The molecule has 0 aliphatic heterocycles. The van der Waals surface area contributed by atoms with E-state index in [4.69, 9.17) is 4.74 Å². The zero-order chi connectivity index (χ0) is 8.97. The van der Waals surface area contributed by atoms with E-state index in [1.165, 1.54) is 13.3 Å². The van der Waals surface area contributed by atoms with Gasteiger partial charge < -0.3 is 14.0 Å². The molecule has 1 rings (SSSR count). The maximum absolute atomic E-state index is 11.0. The van der Waals surface area contributed by atoms with Crippen LogP contribution in [0.5, 0.6) is 0 Å². The van der Waals surface area contributed by atoms with Crippen LogP contribution in [0.15, 0.2) is 12.4 Å². The van der Waals surface area contributed by atoms with E-state index in [-0.39, 0.29) is 5.82 Å². The van der Waals surface area contributed by atoms with E-state index in [1.807, 2.05) is 0 Å². The van der Waals surface area contributed by atoms with E-state index in [2.05, 4.69) is 9.72 Å². The number of aromatic nitrogens is 2. The normalized spacial score (nSPS) is 9.83. The minimum Gasteiger partial charge on any atom is -0.463 e. The number of carbonyl (C=O) groups is 1. The molecule has 5 heteroatoms. The molecule has 0 aliphatic rings. The van der Waals surface area contributed by atoms with Gasteiger partial charge in [-0.2, -0.15) is 0 Å². The van der Waals surface area contributed by atoms with Gasteiger partial charge in [0.1, 0.15) is 6.73 Å². The number of rotatable bonds is 3. The summed E-state index contributed by atoms with van der Waals surface area (Å²) in [5, 5.41) is 0. The predicted molar refractivity (Wildman–Crippen MR) is 40.6 cm³/mol. The van der Waals surface area contributed by atoms with Crippen LogP contribution in [0.3, 0.4) is 0 Å². The lowest BCUT2D eigenvalue weighted by atomic mass is 10.6. The molecule has 0 spiro atoms. The number of nitrogens with zero attached hydrogens (tertiary/aromatic N) is 2. The van der Waals surface area contributed by atoms with Crippen LogP contribution in [0.4, 0.5) is 0 Å². The van der Waals surface area contributed by atoms with Crippen molar-refractivity contribution in [1.29, 1.82) is 0 Å². The van der Waals surface area contributed by atoms with Gasteiger partial charge in [0.2, 0.25) is 5.82 Å². The molecule has 12 heavy (non-hydrogen) atoms. The fourth-order valence-electron chi connectivity index (χ4n) is 0.834. The van der Waals surface area contributed by atoms with Crippen molar-refractivity contribution in [2.45, 2.75) is 6.73 Å². The zero-order valence-electron chi connectivity index (χ0n) is 6.98. The third-order valence-electron chi connectivity index (χ3n) is 1.35. The Labute approximate surface area is 69.9 Å². The molecule has 0 radical (unpaired) electrons. The van der Waals surface area contributed by atoms with E-state index >= 15 is 0 Å². The van der Waals surface area contributed by atoms with Crippen LogP contribution < -0.4 is 0 Å². The molecule has 1 heterocycles. The summed E-state index contributed by atoms with van der Waals surface area (Å²) in [6.07, 6.45) is 3.17. The molecule has 0 fully saturated rings. The first-order valence-electron chi connectivity index (χ1n) is 3.38. The molecule has 0 aromatic carbocycles. The minimum atomic E-state index is -0.461. The van der Waals surface area contributed by atoms with E-state index in [1.54, 1.807) is 17.9 Å². The number of hydrogen-bond donors (Lipinski definition) is 0. The highest BCUT2D eigenvalue weighted by Crippen LogP contribution is 1.98. The summed E-state index contributed by atoms with van der Waals surface area (Å²) in [4.78, 5) is 14.8. The molecule has 1 aromatic rings. The van der Waals surface area contributed by atoms with Crippen LogP contribution in [0.2, 0.25) is 0 Å². The van der Waals surface area contributed by atoms with Crippen molar-refractivity contribution >= 4 is 5.97 Å². The highest BCUT2D eigenvalue weighted by Gasteiger charge is 2.11. The van der Waals surface area contributed by atoms with Gasteiger partial charge in [0.25, 0.3) is 0 Å². The van der Waals surface area contributed by atoms with Crippen molar-refractivity contribution in [2.24, 2.45) is 0 Å². The maximum Gasteiger partial charge on any atom is 0.374 e. The highest BCUT2D eigenvalue weighted by molar-refractivity contribution is 5.85. The quantitative estimate of drug-likeness (QED) is 0.611. The van der Waals surface area contributed by atoms with Crippen molar-refractivity contribution in [3.8, 4) is 0 Å². The molecule has 0 aliphatic carbocycles. The first kappa shape index (κ1) is 8.73. The molecule has 1 aromatic heterocycles. The van der Waals surface area contributed by atoms with Gasteiger partial charge in [-0.25, -0.2) is 9.78 Å². The van der Waals surface area contributed by atoms with Crippen LogP contribution in [0.1, 0.15) is 10.6 Å². The Morgan fingerprint density at radius 1 is 1.67 bits per heavy atom. The average Bonchev–Trinajstić information content (AvgIpc) is 2.52. The van der Waals surface area contributed by atoms with Gasteiger partial charge in [-0.15, -0.1) is 0 Å². The van der Waals surface area contributed by atoms with Crippen molar-refractivity contribution in [3.63, 3.8) is 0 Å². The highest BCUT2D eigenvalue weighted by atomic mass is 16.5. The number of hydrogen-bond acceptors (Lipinski definition) is 4. The first-order chi connectivity index (χ1) is 5.79. The third-order valence-corrected chi connectivity index (χ3v) is 1.35. The molecule has 66 valence electrons. The topological polar surface area (TPSA) is 53.4 Å². The number of methoxy groups -OCH3 is 2. The minimum absolute atomic E-state index is 0.249. The standard InChI is InChI=1S/C7H10N2O3/c1-11-5-9-4-3-8-6(9)7(10)12-2/h3-4H,5H2,1-2H3. The zero-order valence-corrected chi connectivity index (χ0v) is 6.98. The van der Waals surface area contributed by atoms with Crippen molar-refractivity contribution in [3.05, 3.63) is 18.2 Å². The molecular weight excluding hydrogens is 160 g/mol. The van der Waals surface area contributed by atoms with Gasteiger partial charge in [-0.3, -0.25) is 0 Å². The second-order valence-corrected chi connectivity index (χ2v) is 2.13. The van der Waals surface area contributed by atoms with Gasteiger partial charge in [0.15, 0.2) is 0 Å². The van der Waals surface area contributed by atoms with Crippen LogP contribution in [-0.2, 0) is 16.2 Å².